The highest BCUT2D eigenvalue weighted by Crippen LogP contribution is 2.26. The topological polar surface area (TPSA) is 62.7 Å². The lowest BCUT2D eigenvalue weighted by Gasteiger charge is -2.21. The number of amides is 1. The van der Waals surface area contributed by atoms with E-state index < -0.39 is 0 Å². The second-order valence-corrected chi connectivity index (χ2v) is 5.33. The maximum Gasteiger partial charge on any atom is 0.261 e. The fourth-order valence-corrected chi connectivity index (χ4v) is 2.64. The number of hydrogen-bond donors (Lipinski definition) is 1. The third kappa shape index (κ3) is 2.70. The van der Waals surface area contributed by atoms with Gasteiger partial charge in [0.05, 0.1) is 12.1 Å². The molecule has 2 heterocycles. The predicted octanol–water partition coefficient (Wildman–Crippen LogP) is 1.83. The number of anilines is 1. The number of nitrogens with zero attached hydrogens (tertiary/aromatic N) is 2. The first-order valence-corrected chi connectivity index (χ1v) is 7.05. The number of rotatable bonds is 2. The smallest absolute Gasteiger partial charge is 0.261 e. The highest BCUT2D eigenvalue weighted by molar-refractivity contribution is 6.06. The van der Waals surface area contributed by atoms with E-state index in [1.165, 1.54) is 6.26 Å². The summed E-state index contributed by atoms with van der Waals surface area (Å²) in [7, 11) is 2.06. The zero-order valence-corrected chi connectivity index (χ0v) is 12.1. The molecule has 1 aliphatic heterocycles. The van der Waals surface area contributed by atoms with E-state index in [2.05, 4.69) is 18.0 Å². The van der Waals surface area contributed by atoms with Crippen LogP contribution in [0.2, 0.25) is 0 Å². The highest BCUT2D eigenvalue weighted by atomic mass is 16.3. The van der Waals surface area contributed by atoms with Gasteiger partial charge in [0.1, 0.15) is 12.0 Å². The lowest BCUT2D eigenvalue weighted by Crippen LogP contribution is -2.34. The fraction of sp³-hybridized carbons (Fsp3) is 0.312. The molecule has 1 aromatic carbocycles. The Morgan fingerprint density at radius 3 is 2.90 bits per heavy atom. The van der Waals surface area contributed by atoms with E-state index in [4.69, 9.17) is 10.2 Å². The molecule has 0 radical (unpaired) electrons. The van der Waals surface area contributed by atoms with E-state index in [1.807, 2.05) is 23.1 Å². The van der Waals surface area contributed by atoms with Crippen molar-refractivity contribution in [3.05, 3.63) is 53.5 Å². The van der Waals surface area contributed by atoms with Crippen molar-refractivity contribution in [3.8, 4) is 0 Å². The average molecular weight is 285 g/mol. The average Bonchev–Trinajstić information content (AvgIpc) is 2.91. The van der Waals surface area contributed by atoms with E-state index in [1.54, 1.807) is 6.07 Å². The molecule has 21 heavy (non-hydrogen) atoms. The molecule has 0 fully saturated rings. The first-order chi connectivity index (χ1) is 10.2. The summed E-state index contributed by atoms with van der Waals surface area (Å²) in [6.07, 6.45) is 1.49. The van der Waals surface area contributed by atoms with Gasteiger partial charge in [-0.05, 0) is 24.7 Å². The number of hydrogen-bond acceptors (Lipinski definition) is 4. The summed E-state index contributed by atoms with van der Waals surface area (Å²) < 4.78 is 5.28. The maximum atomic E-state index is 12.8. The van der Waals surface area contributed by atoms with Gasteiger partial charge < -0.3 is 20.0 Å². The van der Waals surface area contributed by atoms with Crippen molar-refractivity contribution in [1.29, 1.82) is 0 Å². The zero-order valence-electron chi connectivity index (χ0n) is 12.1. The Labute approximate surface area is 123 Å². The number of fused-ring (bicyclic) bond motifs is 1. The molecule has 0 spiro atoms. The zero-order chi connectivity index (χ0) is 14.8. The van der Waals surface area contributed by atoms with Crippen molar-refractivity contribution < 1.29 is 9.21 Å². The summed E-state index contributed by atoms with van der Waals surface area (Å²) >= 11 is 0. The molecule has 3 rings (SSSR count). The van der Waals surface area contributed by atoms with Crippen LogP contribution < -0.4 is 10.6 Å². The van der Waals surface area contributed by atoms with Gasteiger partial charge in [0, 0.05) is 25.3 Å². The molecule has 0 atom stereocenters. The molecule has 1 amide bonds. The number of furan rings is 1. The van der Waals surface area contributed by atoms with Crippen LogP contribution in [0, 0.1) is 0 Å². The molecule has 1 aromatic heterocycles. The normalized spacial score (nSPS) is 15.6. The van der Waals surface area contributed by atoms with Gasteiger partial charge in [-0.15, -0.1) is 0 Å². The van der Waals surface area contributed by atoms with Crippen LogP contribution in [0.1, 0.15) is 21.7 Å². The van der Waals surface area contributed by atoms with Crippen LogP contribution in [-0.4, -0.2) is 30.9 Å². The summed E-state index contributed by atoms with van der Waals surface area (Å²) in [6.45, 7) is 2.64. The van der Waals surface area contributed by atoms with Gasteiger partial charge in [-0.1, -0.05) is 18.2 Å². The van der Waals surface area contributed by atoms with Crippen molar-refractivity contribution in [3.63, 3.8) is 0 Å². The lowest BCUT2D eigenvalue weighted by molar-refractivity contribution is 0.0985. The predicted molar refractivity (Wildman–Crippen MR) is 81.1 cm³/mol. The van der Waals surface area contributed by atoms with Gasteiger partial charge in [-0.25, -0.2) is 0 Å². The fourth-order valence-electron chi connectivity index (χ4n) is 2.64. The number of benzene rings is 1. The summed E-state index contributed by atoms with van der Waals surface area (Å²) in [5.74, 6) is 0.583. The van der Waals surface area contributed by atoms with E-state index in [-0.39, 0.29) is 5.91 Å². The first kappa shape index (κ1) is 13.9. The standard InChI is InChI=1S/C16H19N3O2/c1-18-6-7-19(15-5-3-2-4-12(15)10-18)16(20)13-8-14(9-17)21-11-13/h2-5,8,11H,6-7,9-10,17H2,1H3. The lowest BCUT2D eigenvalue weighted by atomic mass is 10.1. The minimum atomic E-state index is -0.0406. The Balaban J connectivity index is 1.95. The van der Waals surface area contributed by atoms with Crippen molar-refractivity contribution in [2.45, 2.75) is 13.1 Å². The molecule has 2 N–H and O–H groups in total. The Hall–Kier alpha value is -2.11. The number of likely N-dealkylation sites (N-methyl/N-ethyl adjacent to an activating group) is 1. The summed E-state index contributed by atoms with van der Waals surface area (Å²) in [6, 6.07) is 9.75. The minimum Gasteiger partial charge on any atom is -0.467 e. The Kier molecular flexibility index (Phi) is 3.77. The molecular formula is C16H19N3O2. The van der Waals surface area contributed by atoms with Gasteiger partial charge >= 0.3 is 0 Å². The van der Waals surface area contributed by atoms with Crippen molar-refractivity contribution >= 4 is 11.6 Å². The van der Waals surface area contributed by atoms with Gasteiger partial charge in [0.15, 0.2) is 0 Å². The van der Waals surface area contributed by atoms with E-state index in [0.717, 1.165) is 24.3 Å². The third-order valence-corrected chi connectivity index (χ3v) is 3.78. The largest absolute Gasteiger partial charge is 0.467 e. The van der Waals surface area contributed by atoms with Gasteiger partial charge in [-0.2, -0.15) is 0 Å². The van der Waals surface area contributed by atoms with Gasteiger partial charge in [-0.3, -0.25) is 4.79 Å². The van der Waals surface area contributed by atoms with Crippen molar-refractivity contribution in [2.75, 3.05) is 25.0 Å². The monoisotopic (exact) mass is 285 g/mol. The Bertz CT molecular complexity index is 650. The Morgan fingerprint density at radius 2 is 2.14 bits per heavy atom. The number of carbonyl (C=O) groups is 1. The molecule has 5 nitrogen and oxygen atoms in total. The second-order valence-electron chi connectivity index (χ2n) is 5.33. The van der Waals surface area contributed by atoms with Crippen LogP contribution in [0.3, 0.4) is 0 Å². The molecule has 5 heteroatoms. The van der Waals surface area contributed by atoms with Crippen LogP contribution >= 0.6 is 0 Å². The van der Waals surface area contributed by atoms with E-state index in [0.29, 0.717) is 24.4 Å². The third-order valence-electron chi connectivity index (χ3n) is 3.78. The second kappa shape index (κ2) is 5.71. The summed E-state index contributed by atoms with van der Waals surface area (Å²) in [5.41, 5.74) is 8.22. The molecular weight excluding hydrogens is 266 g/mol. The van der Waals surface area contributed by atoms with Crippen molar-refractivity contribution in [1.82, 2.24) is 4.90 Å². The molecule has 2 aromatic rings. The number of para-hydroxylation sites is 1. The SMILES string of the molecule is CN1CCN(C(=O)c2coc(CN)c2)c2ccccc2C1. The number of carbonyl (C=O) groups excluding carboxylic acids is 1. The van der Waals surface area contributed by atoms with E-state index >= 15 is 0 Å². The number of nitrogens with two attached hydrogens (primary N) is 1. The highest BCUT2D eigenvalue weighted by Gasteiger charge is 2.24. The van der Waals surface area contributed by atoms with Crippen LogP contribution in [0.4, 0.5) is 5.69 Å². The van der Waals surface area contributed by atoms with Gasteiger partial charge in [0.25, 0.3) is 5.91 Å². The van der Waals surface area contributed by atoms with Gasteiger partial charge in [0.2, 0.25) is 0 Å². The quantitative estimate of drug-likeness (QED) is 0.914. The summed E-state index contributed by atoms with van der Waals surface area (Å²) in [4.78, 5) is 16.8. The van der Waals surface area contributed by atoms with Crippen LogP contribution in [0.25, 0.3) is 0 Å². The molecule has 0 bridgehead atoms. The van der Waals surface area contributed by atoms with E-state index in [9.17, 15) is 4.79 Å². The first-order valence-electron chi connectivity index (χ1n) is 7.05. The molecule has 0 aliphatic carbocycles. The molecule has 0 unspecified atom stereocenters. The van der Waals surface area contributed by atoms with Crippen LogP contribution in [0.15, 0.2) is 41.0 Å². The summed E-state index contributed by atoms with van der Waals surface area (Å²) in [5, 5.41) is 0. The van der Waals surface area contributed by atoms with Crippen molar-refractivity contribution in [2.24, 2.45) is 5.73 Å². The van der Waals surface area contributed by atoms with Crippen LogP contribution in [-0.2, 0) is 13.1 Å². The molecule has 110 valence electrons. The maximum absolute atomic E-state index is 12.8. The minimum absolute atomic E-state index is 0.0406. The molecule has 1 aliphatic rings. The molecule has 0 saturated carbocycles. The van der Waals surface area contributed by atoms with Crippen LogP contribution in [0.5, 0.6) is 0 Å². The Morgan fingerprint density at radius 1 is 1.33 bits per heavy atom. The molecule has 0 saturated heterocycles.